The molecule has 0 N–H and O–H groups in total. The van der Waals surface area contributed by atoms with E-state index in [1.54, 1.807) is 0 Å². The first-order valence-electron chi connectivity index (χ1n) is 4.56. The minimum absolute atomic E-state index is 0.368. The van der Waals surface area contributed by atoms with Crippen LogP contribution in [0.4, 0.5) is 0 Å². The van der Waals surface area contributed by atoms with Crippen molar-refractivity contribution in [1.82, 2.24) is 0 Å². The Labute approximate surface area is 90.0 Å². The number of ether oxygens (including phenoxy) is 1. The van der Waals surface area contributed by atoms with Gasteiger partial charge < -0.3 is 4.74 Å². The third-order valence-electron chi connectivity index (χ3n) is 1.80. The summed E-state index contributed by atoms with van der Waals surface area (Å²) in [6.45, 7) is 4.67. The van der Waals surface area contributed by atoms with Crippen LogP contribution in [0.15, 0.2) is 18.2 Å². The van der Waals surface area contributed by atoms with Gasteiger partial charge in [0, 0.05) is 5.56 Å². The molecule has 0 aliphatic carbocycles. The molecule has 1 nitrogen and oxygen atoms in total. The maximum atomic E-state index is 5.49. The van der Waals surface area contributed by atoms with Gasteiger partial charge in [0.1, 0.15) is 5.75 Å². The topological polar surface area (TPSA) is 9.23 Å². The van der Waals surface area contributed by atoms with Gasteiger partial charge in [0.2, 0.25) is 0 Å². The Bertz CT molecular complexity index is 360. The van der Waals surface area contributed by atoms with Gasteiger partial charge in [-0.15, -0.1) is 11.6 Å². The van der Waals surface area contributed by atoms with E-state index in [1.807, 2.05) is 32.0 Å². The molecular weight excluding hydrogens is 196 g/mol. The number of benzene rings is 1. The fourth-order valence-electron chi connectivity index (χ4n) is 1.16. The fraction of sp³-hybridized carbons (Fsp3) is 0.333. The van der Waals surface area contributed by atoms with Crippen LogP contribution in [0.3, 0.4) is 0 Å². The van der Waals surface area contributed by atoms with Gasteiger partial charge >= 0.3 is 0 Å². The van der Waals surface area contributed by atoms with E-state index in [2.05, 4.69) is 11.8 Å². The van der Waals surface area contributed by atoms with Gasteiger partial charge in [-0.25, -0.2) is 0 Å². The number of rotatable bonds is 2. The highest BCUT2D eigenvalue weighted by Crippen LogP contribution is 2.16. The highest BCUT2D eigenvalue weighted by molar-refractivity contribution is 6.19. The van der Waals surface area contributed by atoms with Gasteiger partial charge in [-0.2, -0.15) is 0 Å². The molecule has 0 spiro atoms. The maximum Gasteiger partial charge on any atom is 0.119 e. The normalized spacial score (nSPS) is 9.07. The van der Waals surface area contributed by atoms with Crippen molar-refractivity contribution in [2.45, 2.75) is 13.8 Å². The first-order chi connectivity index (χ1) is 6.77. The van der Waals surface area contributed by atoms with E-state index < -0.39 is 0 Å². The summed E-state index contributed by atoms with van der Waals surface area (Å²) in [5, 5.41) is 0. The summed E-state index contributed by atoms with van der Waals surface area (Å²) >= 11 is 5.49. The lowest BCUT2D eigenvalue weighted by Gasteiger charge is -2.04. The molecule has 2 heteroatoms. The van der Waals surface area contributed by atoms with E-state index in [4.69, 9.17) is 16.3 Å². The van der Waals surface area contributed by atoms with Gasteiger partial charge in [0.25, 0.3) is 0 Å². The van der Waals surface area contributed by atoms with Crippen LogP contribution in [0.2, 0.25) is 0 Å². The second kappa shape index (κ2) is 5.57. The van der Waals surface area contributed by atoms with Crippen molar-refractivity contribution < 1.29 is 4.74 Å². The summed E-state index contributed by atoms with van der Waals surface area (Å²) in [5.74, 6) is 7.08. The lowest BCUT2D eigenvalue weighted by molar-refractivity contribution is 0.340. The monoisotopic (exact) mass is 208 g/mol. The van der Waals surface area contributed by atoms with Crippen molar-refractivity contribution in [3.63, 3.8) is 0 Å². The number of aryl methyl sites for hydroxylation is 1. The zero-order valence-electron chi connectivity index (χ0n) is 8.43. The molecule has 0 amide bonds. The first kappa shape index (κ1) is 10.9. The van der Waals surface area contributed by atoms with Gasteiger partial charge in [-0.1, -0.05) is 11.8 Å². The standard InChI is InChI=1S/C12H13ClO/c1-3-14-12-7-6-11(5-4-8-13)10(2)9-12/h6-7,9H,3,8H2,1-2H3. The summed E-state index contributed by atoms with van der Waals surface area (Å²) < 4.78 is 5.37. The summed E-state index contributed by atoms with van der Waals surface area (Å²) in [4.78, 5) is 0. The molecule has 0 heterocycles. The Morgan fingerprint density at radius 3 is 2.79 bits per heavy atom. The van der Waals surface area contributed by atoms with Crippen LogP contribution in [0, 0.1) is 18.8 Å². The largest absolute Gasteiger partial charge is 0.494 e. The van der Waals surface area contributed by atoms with Gasteiger partial charge in [0.15, 0.2) is 0 Å². The molecule has 1 aromatic carbocycles. The molecule has 74 valence electrons. The van der Waals surface area contributed by atoms with Gasteiger partial charge in [-0.05, 0) is 37.6 Å². The smallest absolute Gasteiger partial charge is 0.119 e. The molecule has 0 saturated heterocycles. The van der Waals surface area contributed by atoms with Crippen molar-refractivity contribution >= 4 is 11.6 Å². The summed E-state index contributed by atoms with van der Waals surface area (Å²) in [5.41, 5.74) is 2.13. The van der Waals surface area contributed by atoms with Crippen molar-refractivity contribution in [2.75, 3.05) is 12.5 Å². The summed E-state index contributed by atoms with van der Waals surface area (Å²) in [6, 6.07) is 5.87. The van der Waals surface area contributed by atoms with E-state index in [1.165, 1.54) is 0 Å². The second-order valence-corrected chi connectivity index (χ2v) is 3.11. The van der Waals surface area contributed by atoms with Crippen LogP contribution < -0.4 is 4.74 Å². The molecule has 0 atom stereocenters. The molecule has 1 aromatic rings. The van der Waals surface area contributed by atoms with Crippen molar-refractivity contribution in [3.8, 4) is 17.6 Å². The molecule has 1 rings (SSSR count). The Hall–Kier alpha value is -1.13. The average molecular weight is 209 g/mol. The van der Waals surface area contributed by atoms with E-state index in [0.29, 0.717) is 12.5 Å². The predicted octanol–water partition coefficient (Wildman–Crippen LogP) is 2.98. The molecule has 0 aromatic heterocycles. The maximum absolute atomic E-state index is 5.49. The molecule has 0 fully saturated rings. The van der Waals surface area contributed by atoms with Crippen LogP contribution in [0.25, 0.3) is 0 Å². The average Bonchev–Trinajstić information content (AvgIpc) is 2.17. The molecular formula is C12H13ClO. The lowest BCUT2D eigenvalue weighted by atomic mass is 10.1. The first-order valence-corrected chi connectivity index (χ1v) is 5.09. The molecule has 0 aliphatic heterocycles. The van der Waals surface area contributed by atoms with Crippen LogP contribution in [-0.4, -0.2) is 12.5 Å². The molecule has 0 aliphatic rings. The van der Waals surface area contributed by atoms with Gasteiger partial charge in [0.05, 0.1) is 12.5 Å². The molecule has 0 saturated carbocycles. The van der Waals surface area contributed by atoms with Crippen LogP contribution in [0.1, 0.15) is 18.1 Å². The second-order valence-electron chi connectivity index (χ2n) is 2.85. The minimum atomic E-state index is 0.368. The lowest BCUT2D eigenvalue weighted by Crippen LogP contribution is -1.92. The molecule has 14 heavy (non-hydrogen) atoms. The molecule has 0 radical (unpaired) electrons. The Balaban J connectivity index is 2.89. The highest BCUT2D eigenvalue weighted by atomic mass is 35.5. The van der Waals surface area contributed by atoms with Crippen LogP contribution in [-0.2, 0) is 0 Å². The van der Waals surface area contributed by atoms with E-state index in [9.17, 15) is 0 Å². The van der Waals surface area contributed by atoms with E-state index in [0.717, 1.165) is 16.9 Å². The Kier molecular flexibility index (Phi) is 4.35. The van der Waals surface area contributed by atoms with E-state index in [-0.39, 0.29) is 0 Å². The highest BCUT2D eigenvalue weighted by Gasteiger charge is 1.97. The summed E-state index contributed by atoms with van der Waals surface area (Å²) in [7, 11) is 0. The SMILES string of the molecule is CCOc1ccc(C#CCCl)c(C)c1. The third-order valence-corrected chi connectivity index (χ3v) is 1.93. The predicted molar refractivity (Wildman–Crippen MR) is 59.9 cm³/mol. The summed E-state index contributed by atoms with van der Waals surface area (Å²) in [6.07, 6.45) is 0. The zero-order chi connectivity index (χ0) is 10.4. The Morgan fingerprint density at radius 2 is 2.21 bits per heavy atom. The van der Waals surface area contributed by atoms with E-state index >= 15 is 0 Å². The number of hydrogen-bond donors (Lipinski definition) is 0. The zero-order valence-corrected chi connectivity index (χ0v) is 9.19. The third kappa shape index (κ3) is 2.97. The number of halogens is 1. The van der Waals surface area contributed by atoms with Crippen molar-refractivity contribution in [3.05, 3.63) is 29.3 Å². The minimum Gasteiger partial charge on any atom is -0.494 e. The molecule has 0 unspecified atom stereocenters. The van der Waals surface area contributed by atoms with Crippen molar-refractivity contribution in [2.24, 2.45) is 0 Å². The quantitative estimate of drug-likeness (QED) is 0.537. The fourth-order valence-corrected chi connectivity index (χ4v) is 1.23. The number of hydrogen-bond acceptors (Lipinski definition) is 1. The molecule has 0 bridgehead atoms. The Morgan fingerprint density at radius 1 is 1.43 bits per heavy atom. The van der Waals surface area contributed by atoms with Crippen LogP contribution in [0.5, 0.6) is 5.75 Å². The van der Waals surface area contributed by atoms with Crippen LogP contribution >= 0.6 is 11.6 Å². The number of alkyl halides is 1. The van der Waals surface area contributed by atoms with Gasteiger partial charge in [-0.3, -0.25) is 0 Å². The van der Waals surface area contributed by atoms with Crippen molar-refractivity contribution in [1.29, 1.82) is 0 Å².